The summed E-state index contributed by atoms with van der Waals surface area (Å²) in [7, 11) is 0. The second kappa shape index (κ2) is 5.88. The van der Waals surface area contributed by atoms with Crippen molar-refractivity contribution in [3.8, 4) is 0 Å². The first kappa shape index (κ1) is 14.9. The molecule has 0 unspecified atom stereocenters. The Morgan fingerprint density at radius 3 is 2.71 bits per heavy atom. The third kappa shape index (κ3) is 3.54. The molecule has 0 bridgehead atoms. The van der Waals surface area contributed by atoms with Gasteiger partial charge in [-0.25, -0.2) is 4.98 Å². The molecule has 0 aliphatic heterocycles. The Kier molecular flexibility index (Phi) is 4.18. The average molecular weight is 351 g/mol. The number of nitrogens with one attached hydrogen (secondary N) is 1. The summed E-state index contributed by atoms with van der Waals surface area (Å²) in [5, 5.41) is 13.4. The summed E-state index contributed by atoms with van der Waals surface area (Å²) in [4.78, 5) is 25.9. The molecule has 2 aromatic rings. The van der Waals surface area contributed by atoms with E-state index in [0.29, 0.717) is 5.69 Å². The lowest BCUT2D eigenvalue weighted by Crippen LogP contribution is -2.15. The summed E-state index contributed by atoms with van der Waals surface area (Å²) in [5.74, 6) is -0.619. The fourth-order valence-electron chi connectivity index (χ4n) is 1.75. The van der Waals surface area contributed by atoms with Crippen molar-refractivity contribution < 1.29 is 9.72 Å². The summed E-state index contributed by atoms with van der Waals surface area (Å²) in [6.45, 7) is 1.88. The van der Waals surface area contributed by atoms with Gasteiger partial charge in [-0.1, -0.05) is 15.9 Å². The van der Waals surface area contributed by atoms with Gasteiger partial charge in [-0.2, -0.15) is 0 Å². The first-order chi connectivity index (χ1) is 9.86. The van der Waals surface area contributed by atoms with Crippen LogP contribution in [0, 0.1) is 17.0 Å². The van der Waals surface area contributed by atoms with E-state index in [-0.39, 0.29) is 17.1 Å². The molecular formula is C13H11BrN4O3. The number of rotatable bonds is 3. The maximum absolute atomic E-state index is 12.2. The van der Waals surface area contributed by atoms with Crippen molar-refractivity contribution in [3.05, 3.63) is 56.2 Å². The highest BCUT2D eigenvalue weighted by Crippen LogP contribution is 2.22. The lowest BCUT2D eigenvalue weighted by Gasteiger charge is -2.08. The van der Waals surface area contributed by atoms with E-state index in [1.807, 2.05) is 13.0 Å². The van der Waals surface area contributed by atoms with E-state index in [1.54, 1.807) is 12.1 Å². The first-order valence-corrected chi connectivity index (χ1v) is 6.64. The third-order valence-electron chi connectivity index (χ3n) is 2.66. The van der Waals surface area contributed by atoms with Crippen LogP contribution in [0.3, 0.4) is 0 Å². The smallest absolute Gasteiger partial charge is 0.288 e. The number of hydrogen-bond acceptors (Lipinski definition) is 5. The number of hydrogen-bond donors (Lipinski definition) is 2. The Balaban J connectivity index is 2.31. The van der Waals surface area contributed by atoms with Gasteiger partial charge in [0.25, 0.3) is 11.6 Å². The van der Waals surface area contributed by atoms with Gasteiger partial charge < -0.3 is 11.1 Å². The standard InChI is InChI=1S/C13H11BrN4O3/c1-7-2-8(14)4-9(3-7)17-13(19)11-5-10(18(20)21)6-16-12(11)15/h2-6H,1H3,(H2,15,16)(H,17,19). The van der Waals surface area contributed by atoms with Crippen molar-refractivity contribution in [2.75, 3.05) is 11.1 Å². The fraction of sp³-hybridized carbons (Fsp3) is 0.0769. The van der Waals surface area contributed by atoms with Crippen LogP contribution >= 0.6 is 15.9 Å². The molecule has 0 fully saturated rings. The number of nitro groups is 1. The molecule has 1 aromatic carbocycles. The minimum Gasteiger partial charge on any atom is -0.383 e. The van der Waals surface area contributed by atoms with Crippen LogP contribution in [0.1, 0.15) is 15.9 Å². The van der Waals surface area contributed by atoms with Crippen molar-refractivity contribution in [2.45, 2.75) is 6.92 Å². The van der Waals surface area contributed by atoms with Crippen molar-refractivity contribution in [2.24, 2.45) is 0 Å². The van der Waals surface area contributed by atoms with Crippen molar-refractivity contribution in [3.63, 3.8) is 0 Å². The predicted molar refractivity (Wildman–Crippen MR) is 82.1 cm³/mol. The van der Waals surface area contributed by atoms with E-state index in [2.05, 4.69) is 26.2 Å². The van der Waals surface area contributed by atoms with E-state index in [4.69, 9.17) is 5.73 Å². The van der Waals surface area contributed by atoms with Gasteiger partial charge in [-0.15, -0.1) is 0 Å². The molecule has 0 atom stereocenters. The topological polar surface area (TPSA) is 111 Å². The number of amides is 1. The summed E-state index contributed by atoms with van der Waals surface area (Å²) in [6.07, 6.45) is 1.01. The van der Waals surface area contributed by atoms with Crippen molar-refractivity contribution in [1.29, 1.82) is 0 Å². The monoisotopic (exact) mass is 350 g/mol. The van der Waals surface area contributed by atoms with Gasteiger partial charge in [0.2, 0.25) is 0 Å². The van der Waals surface area contributed by atoms with Crippen LogP contribution in [-0.2, 0) is 0 Å². The van der Waals surface area contributed by atoms with Crippen LogP contribution in [0.5, 0.6) is 0 Å². The van der Waals surface area contributed by atoms with Crippen LogP contribution in [-0.4, -0.2) is 15.8 Å². The zero-order chi connectivity index (χ0) is 15.6. The van der Waals surface area contributed by atoms with Crippen molar-refractivity contribution >= 4 is 39.0 Å². The van der Waals surface area contributed by atoms with Gasteiger partial charge >= 0.3 is 0 Å². The largest absolute Gasteiger partial charge is 0.383 e. The van der Waals surface area contributed by atoms with Gasteiger partial charge in [0.1, 0.15) is 12.0 Å². The van der Waals surface area contributed by atoms with Gasteiger partial charge in [0.15, 0.2) is 0 Å². The van der Waals surface area contributed by atoms with Gasteiger partial charge in [0, 0.05) is 16.2 Å². The summed E-state index contributed by atoms with van der Waals surface area (Å²) in [6, 6.07) is 6.47. The van der Waals surface area contributed by atoms with E-state index in [0.717, 1.165) is 22.3 Å². The molecule has 1 aromatic heterocycles. The van der Waals surface area contributed by atoms with Gasteiger partial charge in [-0.05, 0) is 30.7 Å². The summed E-state index contributed by atoms with van der Waals surface area (Å²) in [5.41, 5.74) is 6.77. The molecule has 2 rings (SSSR count). The highest BCUT2D eigenvalue weighted by molar-refractivity contribution is 9.10. The van der Waals surface area contributed by atoms with Crippen LogP contribution in [0.4, 0.5) is 17.2 Å². The maximum Gasteiger partial charge on any atom is 0.288 e. The Morgan fingerprint density at radius 2 is 2.10 bits per heavy atom. The Bertz CT molecular complexity index is 713. The van der Waals surface area contributed by atoms with Crippen molar-refractivity contribution in [1.82, 2.24) is 4.98 Å². The Morgan fingerprint density at radius 1 is 1.38 bits per heavy atom. The molecule has 0 aliphatic rings. The SMILES string of the molecule is Cc1cc(Br)cc(NC(=O)c2cc([N+](=O)[O-])cnc2N)c1. The highest BCUT2D eigenvalue weighted by Gasteiger charge is 2.17. The normalized spacial score (nSPS) is 10.2. The fourth-order valence-corrected chi connectivity index (χ4v) is 2.36. The second-order valence-corrected chi connectivity index (χ2v) is 5.27. The summed E-state index contributed by atoms with van der Waals surface area (Å²) < 4.78 is 0.808. The van der Waals surface area contributed by atoms with Crippen LogP contribution in [0.2, 0.25) is 0 Å². The molecule has 0 saturated heterocycles. The molecule has 21 heavy (non-hydrogen) atoms. The number of carbonyl (C=O) groups excluding carboxylic acids is 1. The number of pyridine rings is 1. The molecule has 0 spiro atoms. The van der Waals surface area contributed by atoms with Crippen LogP contribution < -0.4 is 11.1 Å². The molecule has 1 amide bonds. The maximum atomic E-state index is 12.2. The Hall–Kier alpha value is -2.48. The molecule has 1 heterocycles. The van der Waals surface area contributed by atoms with Gasteiger partial charge in [0.05, 0.1) is 10.5 Å². The number of benzene rings is 1. The number of nitrogen functional groups attached to an aromatic ring is 1. The minimum atomic E-state index is -0.632. The zero-order valence-electron chi connectivity index (χ0n) is 11.0. The average Bonchev–Trinajstić information content (AvgIpc) is 2.37. The van der Waals surface area contributed by atoms with Gasteiger partial charge in [-0.3, -0.25) is 14.9 Å². The molecule has 0 radical (unpaired) electrons. The number of anilines is 2. The molecule has 3 N–H and O–H groups in total. The first-order valence-electron chi connectivity index (χ1n) is 5.85. The number of nitrogens with zero attached hydrogens (tertiary/aromatic N) is 2. The minimum absolute atomic E-state index is 0.0400. The molecule has 8 heteroatoms. The molecule has 0 saturated carbocycles. The number of halogens is 1. The lowest BCUT2D eigenvalue weighted by molar-refractivity contribution is -0.385. The molecular weight excluding hydrogens is 340 g/mol. The third-order valence-corrected chi connectivity index (χ3v) is 3.12. The van der Waals surface area contributed by atoms with E-state index < -0.39 is 10.8 Å². The lowest BCUT2D eigenvalue weighted by atomic mass is 10.2. The van der Waals surface area contributed by atoms with E-state index in [9.17, 15) is 14.9 Å². The van der Waals surface area contributed by atoms with E-state index >= 15 is 0 Å². The number of aryl methyl sites for hydroxylation is 1. The molecule has 7 nitrogen and oxygen atoms in total. The van der Waals surface area contributed by atoms with Crippen LogP contribution in [0.15, 0.2) is 34.9 Å². The highest BCUT2D eigenvalue weighted by atomic mass is 79.9. The van der Waals surface area contributed by atoms with E-state index in [1.165, 1.54) is 0 Å². The molecule has 0 aliphatic carbocycles. The summed E-state index contributed by atoms with van der Waals surface area (Å²) >= 11 is 3.33. The zero-order valence-corrected chi connectivity index (χ0v) is 12.5. The quantitative estimate of drug-likeness (QED) is 0.652. The Labute approximate surface area is 128 Å². The molecule has 108 valence electrons. The number of carbonyl (C=O) groups is 1. The number of aromatic nitrogens is 1. The second-order valence-electron chi connectivity index (χ2n) is 4.35. The van der Waals surface area contributed by atoms with Crippen LogP contribution in [0.25, 0.3) is 0 Å². The predicted octanol–water partition coefficient (Wildman–Crippen LogP) is 2.90. The number of nitrogens with two attached hydrogens (primary N) is 1.